The zero-order valence-corrected chi connectivity index (χ0v) is 10.5. The van der Waals surface area contributed by atoms with E-state index in [9.17, 15) is 0 Å². The number of nitrogens with two attached hydrogens (primary N) is 1. The Hall–Kier alpha value is -0.600. The molecule has 88 valence electrons. The molecule has 0 radical (unpaired) electrons. The molecule has 4 heteroatoms. The lowest BCUT2D eigenvalue weighted by Gasteiger charge is -2.14. The number of rotatable bonds is 3. The Balaban J connectivity index is 2.03. The molecule has 1 aromatic carbocycles. The monoisotopic (exact) mass is 259 g/mol. The first-order chi connectivity index (χ1) is 7.66. The minimum atomic E-state index is 0.489. The number of hydrogen-bond acceptors (Lipinski definition) is 2. The average molecular weight is 260 g/mol. The molecule has 1 aliphatic carbocycles. The summed E-state index contributed by atoms with van der Waals surface area (Å²) in [6.07, 6.45) is 5.09. The summed E-state index contributed by atoms with van der Waals surface area (Å²) >= 11 is 12.1. The summed E-state index contributed by atoms with van der Waals surface area (Å²) in [6.45, 7) is 0.698. The molecular weight excluding hydrogens is 245 g/mol. The molecule has 2 rings (SSSR count). The van der Waals surface area contributed by atoms with Gasteiger partial charge in [-0.1, -0.05) is 36.0 Å². The van der Waals surface area contributed by atoms with Gasteiger partial charge in [-0.05, 0) is 30.9 Å². The second kappa shape index (κ2) is 5.15. The Morgan fingerprint density at radius 3 is 2.31 bits per heavy atom. The number of hydrogen-bond donors (Lipinski definition) is 1. The number of benzene rings is 1. The van der Waals surface area contributed by atoms with Crippen molar-refractivity contribution in [3.05, 3.63) is 22.2 Å². The van der Waals surface area contributed by atoms with Crippen LogP contribution in [0, 0.1) is 5.92 Å². The van der Waals surface area contributed by atoms with Crippen molar-refractivity contribution in [3.8, 4) is 5.75 Å². The molecular formula is C12H15Cl2NO. The third kappa shape index (κ3) is 2.74. The van der Waals surface area contributed by atoms with Crippen molar-refractivity contribution >= 4 is 28.9 Å². The molecule has 0 atom stereocenters. The van der Waals surface area contributed by atoms with Crippen molar-refractivity contribution in [2.45, 2.75) is 25.7 Å². The third-order valence-electron chi connectivity index (χ3n) is 2.96. The summed E-state index contributed by atoms with van der Waals surface area (Å²) in [7, 11) is 0. The lowest BCUT2D eigenvalue weighted by Crippen LogP contribution is -2.08. The van der Waals surface area contributed by atoms with E-state index in [1.165, 1.54) is 25.7 Å². The van der Waals surface area contributed by atoms with Crippen LogP contribution in [0.1, 0.15) is 25.7 Å². The lowest BCUT2D eigenvalue weighted by atomic mass is 10.1. The molecule has 1 aliphatic rings. The van der Waals surface area contributed by atoms with E-state index < -0.39 is 0 Å². The Morgan fingerprint density at radius 1 is 1.19 bits per heavy atom. The molecule has 0 aliphatic heterocycles. The summed E-state index contributed by atoms with van der Waals surface area (Å²) in [6, 6.07) is 3.33. The first kappa shape index (κ1) is 11.9. The van der Waals surface area contributed by atoms with Gasteiger partial charge in [-0.3, -0.25) is 0 Å². The van der Waals surface area contributed by atoms with Crippen LogP contribution in [0.5, 0.6) is 5.75 Å². The van der Waals surface area contributed by atoms with Gasteiger partial charge in [-0.25, -0.2) is 0 Å². The van der Waals surface area contributed by atoms with Gasteiger partial charge in [0.25, 0.3) is 0 Å². The van der Waals surface area contributed by atoms with Gasteiger partial charge in [-0.15, -0.1) is 0 Å². The van der Waals surface area contributed by atoms with E-state index >= 15 is 0 Å². The van der Waals surface area contributed by atoms with Crippen LogP contribution < -0.4 is 10.5 Å². The molecule has 0 unspecified atom stereocenters. The highest BCUT2D eigenvalue weighted by Crippen LogP contribution is 2.36. The molecule has 1 saturated carbocycles. The first-order valence-corrected chi connectivity index (χ1v) is 6.29. The van der Waals surface area contributed by atoms with Crippen LogP contribution in [0.25, 0.3) is 0 Å². The summed E-state index contributed by atoms with van der Waals surface area (Å²) < 4.78 is 5.69. The van der Waals surface area contributed by atoms with Crippen LogP contribution in [0.2, 0.25) is 10.0 Å². The molecule has 1 fully saturated rings. The second-order valence-electron chi connectivity index (χ2n) is 4.28. The van der Waals surface area contributed by atoms with Crippen LogP contribution >= 0.6 is 23.2 Å². The largest absolute Gasteiger partial charge is 0.490 e. The normalized spacial score (nSPS) is 16.6. The smallest absolute Gasteiger partial charge is 0.156 e. The van der Waals surface area contributed by atoms with E-state index in [1.54, 1.807) is 12.1 Å². The zero-order valence-electron chi connectivity index (χ0n) is 9.01. The summed E-state index contributed by atoms with van der Waals surface area (Å²) in [5.41, 5.74) is 6.18. The minimum Gasteiger partial charge on any atom is -0.490 e. The Labute approximate surface area is 106 Å². The van der Waals surface area contributed by atoms with Gasteiger partial charge in [0.1, 0.15) is 0 Å². The predicted molar refractivity (Wildman–Crippen MR) is 68.3 cm³/mol. The van der Waals surface area contributed by atoms with Gasteiger partial charge in [0.15, 0.2) is 5.75 Å². The maximum atomic E-state index is 6.03. The molecule has 0 saturated heterocycles. The highest BCUT2D eigenvalue weighted by molar-refractivity contribution is 6.37. The van der Waals surface area contributed by atoms with E-state index in [-0.39, 0.29) is 0 Å². The van der Waals surface area contributed by atoms with E-state index in [4.69, 9.17) is 33.7 Å². The van der Waals surface area contributed by atoms with Crippen LogP contribution in [0.3, 0.4) is 0 Å². The number of nitrogen functional groups attached to an aromatic ring is 1. The van der Waals surface area contributed by atoms with Gasteiger partial charge in [0.05, 0.1) is 16.7 Å². The molecule has 16 heavy (non-hydrogen) atoms. The van der Waals surface area contributed by atoms with Gasteiger partial charge in [0, 0.05) is 5.69 Å². The molecule has 2 nitrogen and oxygen atoms in total. The highest BCUT2D eigenvalue weighted by atomic mass is 35.5. The molecule has 0 aromatic heterocycles. The molecule has 2 N–H and O–H groups in total. The van der Waals surface area contributed by atoms with Crippen LogP contribution in [0.4, 0.5) is 5.69 Å². The maximum Gasteiger partial charge on any atom is 0.156 e. The van der Waals surface area contributed by atoms with Crippen LogP contribution in [-0.4, -0.2) is 6.61 Å². The number of anilines is 1. The van der Waals surface area contributed by atoms with Gasteiger partial charge >= 0.3 is 0 Å². The van der Waals surface area contributed by atoms with Crippen molar-refractivity contribution in [1.82, 2.24) is 0 Å². The average Bonchev–Trinajstić information content (AvgIpc) is 2.68. The topological polar surface area (TPSA) is 35.2 Å². The van der Waals surface area contributed by atoms with Crippen molar-refractivity contribution in [2.24, 2.45) is 5.92 Å². The number of ether oxygens (including phenoxy) is 1. The summed E-state index contributed by atoms with van der Waals surface area (Å²) in [5.74, 6) is 1.20. The fourth-order valence-electron chi connectivity index (χ4n) is 2.10. The lowest BCUT2D eigenvalue weighted by molar-refractivity contribution is 0.252. The SMILES string of the molecule is Nc1cc(Cl)c(OCC2CCCC2)c(Cl)c1. The van der Waals surface area contributed by atoms with Crippen molar-refractivity contribution in [3.63, 3.8) is 0 Å². The van der Waals surface area contributed by atoms with E-state index in [1.807, 2.05) is 0 Å². The standard InChI is InChI=1S/C12H15Cl2NO/c13-10-5-9(15)6-11(14)12(10)16-7-8-3-1-2-4-8/h5-6,8H,1-4,7,15H2. The first-order valence-electron chi connectivity index (χ1n) is 5.54. The van der Waals surface area contributed by atoms with Crippen molar-refractivity contribution < 1.29 is 4.74 Å². The van der Waals surface area contributed by atoms with Gasteiger partial charge in [0.2, 0.25) is 0 Å². The third-order valence-corrected chi connectivity index (χ3v) is 3.52. The maximum absolute atomic E-state index is 6.03. The Kier molecular flexibility index (Phi) is 3.82. The molecule has 0 bridgehead atoms. The van der Waals surface area contributed by atoms with Gasteiger partial charge in [-0.2, -0.15) is 0 Å². The predicted octanol–water partition coefficient (Wildman–Crippen LogP) is 4.14. The zero-order chi connectivity index (χ0) is 11.5. The summed E-state index contributed by atoms with van der Waals surface area (Å²) in [5, 5.41) is 0.978. The van der Waals surface area contributed by atoms with E-state index in [0.29, 0.717) is 34.0 Å². The Morgan fingerprint density at radius 2 is 1.75 bits per heavy atom. The van der Waals surface area contributed by atoms with E-state index in [0.717, 1.165) is 0 Å². The van der Waals surface area contributed by atoms with Crippen molar-refractivity contribution in [1.29, 1.82) is 0 Å². The fraction of sp³-hybridized carbons (Fsp3) is 0.500. The number of halogens is 2. The quantitative estimate of drug-likeness (QED) is 0.829. The molecule has 0 amide bonds. The van der Waals surface area contributed by atoms with Crippen molar-refractivity contribution in [2.75, 3.05) is 12.3 Å². The Bertz CT molecular complexity index is 352. The van der Waals surface area contributed by atoms with Crippen LogP contribution in [0.15, 0.2) is 12.1 Å². The highest BCUT2D eigenvalue weighted by Gasteiger charge is 2.17. The molecule has 0 spiro atoms. The second-order valence-corrected chi connectivity index (χ2v) is 5.09. The van der Waals surface area contributed by atoms with E-state index in [2.05, 4.69) is 0 Å². The minimum absolute atomic E-state index is 0.489. The van der Waals surface area contributed by atoms with Gasteiger partial charge < -0.3 is 10.5 Å². The molecule has 1 aromatic rings. The molecule has 0 heterocycles. The summed E-state index contributed by atoms with van der Waals surface area (Å²) in [4.78, 5) is 0. The van der Waals surface area contributed by atoms with Crippen LogP contribution in [-0.2, 0) is 0 Å². The fourth-order valence-corrected chi connectivity index (χ4v) is 2.71.